The standard InChI is InChI=1S/C13H16Cl2N4O/c14-10-2-3-12(15)11(8-10)13(20)9-16-4-1-6-19-7-5-17-18-19/h2-3,5,7-8,13,16,20H,1,4,6,9H2. The van der Waals surface area contributed by atoms with Gasteiger partial charge in [0.05, 0.1) is 12.3 Å². The van der Waals surface area contributed by atoms with Crippen molar-refractivity contribution >= 4 is 23.2 Å². The fraction of sp³-hybridized carbons (Fsp3) is 0.385. The molecule has 2 aromatic rings. The average molecular weight is 315 g/mol. The molecule has 5 nitrogen and oxygen atoms in total. The lowest BCUT2D eigenvalue weighted by Gasteiger charge is -2.14. The lowest BCUT2D eigenvalue weighted by Crippen LogP contribution is -2.23. The maximum atomic E-state index is 10.1. The Bertz CT molecular complexity index is 533. The molecule has 108 valence electrons. The van der Waals surface area contributed by atoms with Crippen molar-refractivity contribution in [2.75, 3.05) is 13.1 Å². The Kier molecular flexibility index (Phi) is 5.79. The molecule has 0 bridgehead atoms. The third-order valence-electron chi connectivity index (χ3n) is 2.87. The third kappa shape index (κ3) is 4.45. The summed E-state index contributed by atoms with van der Waals surface area (Å²) in [6.07, 6.45) is 3.70. The summed E-state index contributed by atoms with van der Waals surface area (Å²) in [5, 5.41) is 21.9. The first-order valence-electron chi connectivity index (χ1n) is 6.34. The van der Waals surface area contributed by atoms with Crippen LogP contribution in [-0.2, 0) is 6.54 Å². The number of halogens is 2. The molecular formula is C13H16Cl2N4O. The van der Waals surface area contributed by atoms with Gasteiger partial charge in [0, 0.05) is 34.9 Å². The van der Waals surface area contributed by atoms with E-state index in [1.54, 1.807) is 29.1 Å². The van der Waals surface area contributed by atoms with E-state index in [1.165, 1.54) is 0 Å². The van der Waals surface area contributed by atoms with Crippen LogP contribution in [0.2, 0.25) is 10.0 Å². The quantitative estimate of drug-likeness (QED) is 0.770. The van der Waals surface area contributed by atoms with Crippen LogP contribution in [0.5, 0.6) is 0 Å². The van der Waals surface area contributed by atoms with E-state index < -0.39 is 6.10 Å². The molecule has 1 aromatic carbocycles. The highest BCUT2D eigenvalue weighted by Gasteiger charge is 2.11. The van der Waals surface area contributed by atoms with Gasteiger partial charge in [0.15, 0.2) is 0 Å². The van der Waals surface area contributed by atoms with Crippen LogP contribution in [0.1, 0.15) is 18.1 Å². The lowest BCUT2D eigenvalue weighted by molar-refractivity contribution is 0.174. The second kappa shape index (κ2) is 7.59. The minimum absolute atomic E-state index is 0.428. The van der Waals surface area contributed by atoms with Crippen LogP contribution in [0, 0.1) is 0 Å². The van der Waals surface area contributed by atoms with E-state index in [4.69, 9.17) is 23.2 Å². The van der Waals surface area contributed by atoms with E-state index in [1.807, 2.05) is 6.20 Å². The Labute approximate surface area is 127 Å². The molecule has 1 atom stereocenters. The van der Waals surface area contributed by atoms with Crippen molar-refractivity contribution in [2.45, 2.75) is 19.1 Å². The highest BCUT2D eigenvalue weighted by Crippen LogP contribution is 2.25. The normalized spacial score (nSPS) is 12.6. The number of nitrogens with zero attached hydrogens (tertiary/aromatic N) is 3. The molecule has 0 aliphatic rings. The van der Waals surface area contributed by atoms with Gasteiger partial charge in [0.25, 0.3) is 0 Å². The molecule has 7 heteroatoms. The number of benzene rings is 1. The Morgan fingerprint density at radius 3 is 2.95 bits per heavy atom. The number of aliphatic hydroxyl groups excluding tert-OH is 1. The zero-order chi connectivity index (χ0) is 14.4. The SMILES string of the molecule is OC(CNCCCn1ccnn1)c1cc(Cl)ccc1Cl. The first-order chi connectivity index (χ1) is 9.66. The Balaban J connectivity index is 1.72. The molecule has 0 radical (unpaired) electrons. The first kappa shape index (κ1) is 15.3. The van der Waals surface area contributed by atoms with Gasteiger partial charge in [-0.15, -0.1) is 5.10 Å². The summed E-state index contributed by atoms with van der Waals surface area (Å²) < 4.78 is 1.77. The number of aliphatic hydroxyl groups is 1. The molecule has 0 saturated carbocycles. The van der Waals surface area contributed by atoms with Gasteiger partial charge < -0.3 is 10.4 Å². The largest absolute Gasteiger partial charge is 0.387 e. The van der Waals surface area contributed by atoms with E-state index in [9.17, 15) is 5.11 Å². The summed E-state index contributed by atoms with van der Waals surface area (Å²) in [6.45, 7) is 1.99. The van der Waals surface area contributed by atoms with E-state index in [2.05, 4.69) is 15.6 Å². The third-order valence-corrected chi connectivity index (χ3v) is 3.45. The zero-order valence-corrected chi connectivity index (χ0v) is 12.3. The lowest BCUT2D eigenvalue weighted by atomic mass is 10.1. The molecule has 0 saturated heterocycles. The van der Waals surface area contributed by atoms with Gasteiger partial charge in [-0.05, 0) is 31.2 Å². The van der Waals surface area contributed by atoms with Gasteiger partial charge in [-0.25, -0.2) is 0 Å². The summed E-state index contributed by atoms with van der Waals surface area (Å²) in [5.41, 5.74) is 0.642. The van der Waals surface area contributed by atoms with Crippen molar-refractivity contribution in [1.29, 1.82) is 0 Å². The molecule has 2 N–H and O–H groups in total. The molecule has 0 aliphatic carbocycles. The number of hydrogen-bond donors (Lipinski definition) is 2. The maximum absolute atomic E-state index is 10.1. The number of rotatable bonds is 7. The molecule has 0 amide bonds. The van der Waals surface area contributed by atoms with E-state index in [0.29, 0.717) is 22.2 Å². The van der Waals surface area contributed by atoms with E-state index >= 15 is 0 Å². The molecule has 2 rings (SSSR count). The van der Waals surface area contributed by atoms with Crippen molar-refractivity contribution in [2.24, 2.45) is 0 Å². The van der Waals surface area contributed by atoms with Crippen LogP contribution < -0.4 is 5.32 Å². The number of aryl methyl sites for hydroxylation is 1. The van der Waals surface area contributed by atoms with Crippen molar-refractivity contribution in [1.82, 2.24) is 20.3 Å². The van der Waals surface area contributed by atoms with Crippen LogP contribution in [0.4, 0.5) is 0 Å². The van der Waals surface area contributed by atoms with Crippen molar-refractivity contribution in [3.63, 3.8) is 0 Å². The highest BCUT2D eigenvalue weighted by molar-refractivity contribution is 6.33. The second-order valence-corrected chi connectivity index (χ2v) is 5.25. The molecular weight excluding hydrogens is 299 g/mol. The Hall–Kier alpha value is -1.14. The number of hydrogen-bond acceptors (Lipinski definition) is 4. The monoisotopic (exact) mass is 314 g/mol. The smallest absolute Gasteiger partial charge is 0.0929 e. The molecule has 1 heterocycles. The molecule has 0 fully saturated rings. The topological polar surface area (TPSA) is 63.0 Å². The van der Waals surface area contributed by atoms with Crippen LogP contribution >= 0.6 is 23.2 Å². The van der Waals surface area contributed by atoms with Gasteiger partial charge in [-0.3, -0.25) is 4.68 Å². The molecule has 1 unspecified atom stereocenters. The second-order valence-electron chi connectivity index (χ2n) is 4.41. The summed E-state index contributed by atoms with van der Waals surface area (Å²) in [5.74, 6) is 0. The molecule has 0 spiro atoms. The predicted octanol–water partition coefficient (Wildman–Crippen LogP) is 2.30. The summed E-state index contributed by atoms with van der Waals surface area (Å²) >= 11 is 11.9. The fourth-order valence-corrected chi connectivity index (χ4v) is 2.26. The van der Waals surface area contributed by atoms with Gasteiger partial charge in [-0.1, -0.05) is 28.4 Å². The van der Waals surface area contributed by atoms with E-state index in [-0.39, 0.29) is 0 Å². The van der Waals surface area contributed by atoms with Gasteiger partial charge >= 0.3 is 0 Å². The summed E-state index contributed by atoms with van der Waals surface area (Å²) in [6, 6.07) is 5.07. The Morgan fingerprint density at radius 2 is 2.20 bits per heavy atom. The van der Waals surface area contributed by atoms with Gasteiger partial charge in [-0.2, -0.15) is 0 Å². The first-order valence-corrected chi connectivity index (χ1v) is 7.10. The maximum Gasteiger partial charge on any atom is 0.0929 e. The van der Waals surface area contributed by atoms with Crippen LogP contribution in [0.15, 0.2) is 30.6 Å². The van der Waals surface area contributed by atoms with Gasteiger partial charge in [0.1, 0.15) is 0 Å². The minimum Gasteiger partial charge on any atom is -0.387 e. The number of aromatic nitrogens is 3. The zero-order valence-electron chi connectivity index (χ0n) is 10.8. The predicted molar refractivity (Wildman–Crippen MR) is 78.9 cm³/mol. The summed E-state index contributed by atoms with van der Waals surface area (Å²) in [7, 11) is 0. The van der Waals surface area contributed by atoms with Crippen molar-refractivity contribution in [3.8, 4) is 0 Å². The van der Waals surface area contributed by atoms with Gasteiger partial charge in [0.2, 0.25) is 0 Å². The van der Waals surface area contributed by atoms with Crippen molar-refractivity contribution < 1.29 is 5.11 Å². The fourth-order valence-electron chi connectivity index (χ4n) is 1.84. The van der Waals surface area contributed by atoms with Crippen LogP contribution in [0.3, 0.4) is 0 Å². The number of nitrogens with one attached hydrogen (secondary N) is 1. The Morgan fingerprint density at radius 1 is 1.35 bits per heavy atom. The molecule has 1 aromatic heterocycles. The van der Waals surface area contributed by atoms with Crippen molar-refractivity contribution in [3.05, 3.63) is 46.2 Å². The van der Waals surface area contributed by atoms with Crippen LogP contribution in [0.25, 0.3) is 0 Å². The summed E-state index contributed by atoms with van der Waals surface area (Å²) in [4.78, 5) is 0. The molecule has 20 heavy (non-hydrogen) atoms. The van der Waals surface area contributed by atoms with Crippen LogP contribution in [-0.4, -0.2) is 33.2 Å². The minimum atomic E-state index is -0.674. The van der Waals surface area contributed by atoms with E-state index in [0.717, 1.165) is 19.5 Å². The molecule has 0 aliphatic heterocycles. The highest BCUT2D eigenvalue weighted by atomic mass is 35.5. The average Bonchev–Trinajstić information content (AvgIpc) is 2.94.